The number of phenolic OH excluding ortho intramolecular Hbond substituents is 1. The summed E-state index contributed by atoms with van der Waals surface area (Å²) < 4.78 is 4.20. The number of nitrogens with zero attached hydrogens (tertiary/aromatic N) is 5. The molecular formula is C18H16N6O3S. The first-order chi connectivity index (χ1) is 13.3. The number of amides is 1. The summed E-state index contributed by atoms with van der Waals surface area (Å²) in [6, 6.07) is 1.52. The van der Waals surface area contributed by atoms with Crippen molar-refractivity contribution in [3.8, 4) is 5.75 Å². The molecule has 1 aliphatic carbocycles. The van der Waals surface area contributed by atoms with Gasteiger partial charge in [-0.15, -0.1) is 10.2 Å². The highest BCUT2D eigenvalue weighted by Gasteiger charge is 2.42. The van der Waals surface area contributed by atoms with Crippen molar-refractivity contribution in [3.05, 3.63) is 29.7 Å². The molecule has 9 nitrogen and oxygen atoms in total. The number of phenols is 1. The second kappa shape index (κ2) is 6.41. The maximum Gasteiger partial charge on any atom is 0.221 e. The summed E-state index contributed by atoms with van der Waals surface area (Å²) in [5.74, 6) is -0.492. The van der Waals surface area contributed by atoms with Crippen molar-refractivity contribution in [1.82, 2.24) is 14.3 Å². The average molecular weight is 396 g/mol. The van der Waals surface area contributed by atoms with Crippen LogP contribution in [0.25, 0.3) is 11.0 Å². The Hall–Kier alpha value is -3.27. The lowest BCUT2D eigenvalue weighted by atomic mass is 9.84. The summed E-state index contributed by atoms with van der Waals surface area (Å²) in [5.41, 5.74) is 1.32. The van der Waals surface area contributed by atoms with Crippen molar-refractivity contribution in [3.63, 3.8) is 0 Å². The number of ketones is 1. The Bertz CT molecular complexity index is 1170. The van der Waals surface area contributed by atoms with Crippen LogP contribution in [-0.2, 0) is 21.4 Å². The summed E-state index contributed by atoms with van der Waals surface area (Å²) in [6.07, 6.45) is 3.15. The third-order valence-electron chi connectivity index (χ3n) is 4.74. The molecule has 2 heterocycles. The number of aromatic hydroxyl groups is 1. The molecule has 28 heavy (non-hydrogen) atoms. The SMILES string of the molecule is CC(=O)Nc1cc(N=Nc2snc3ncncc23)c2c(c1O)C(C)(C)C(=O)C2. The smallest absolute Gasteiger partial charge is 0.221 e. The standard InChI is InChI=1S/C18H16N6O3S/c1-8(25)21-12-5-11(9-4-13(26)18(2,3)14(9)15(12)27)22-23-17-10-6-19-7-20-16(10)24-28-17/h5-7,27H,4H2,1-3H3,(H,21,25). The lowest BCUT2D eigenvalue weighted by Crippen LogP contribution is -2.23. The first kappa shape index (κ1) is 18.1. The highest BCUT2D eigenvalue weighted by Crippen LogP contribution is 2.49. The highest BCUT2D eigenvalue weighted by molar-refractivity contribution is 7.11. The molecule has 3 aromatic rings. The number of rotatable bonds is 3. The van der Waals surface area contributed by atoms with E-state index in [1.54, 1.807) is 20.0 Å². The largest absolute Gasteiger partial charge is 0.505 e. The molecule has 0 unspecified atom stereocenters. The molecule has 1 amide bonds. The number of nitrogens with one attached hydrogen (secondary N) is 1. The first-order valence-electron chi connectivity index (χ1n) is 8.46. The second-order valence-corrected chi connectivity index (χ2v) is 7.75. The zero-order valence-corrected chi connectivity index (χ0v) is 16.2. The number of Topliss-reactive ketones (excluding diaryl/α,β-unsaturated/α-hetero) is 1. The van der Waals surface area contributed by atoms with Gasteiger partial charge in [0.15, 0.2) is 10.6 Å². The Kier molecular flexibility index (Phi) is 4.15. The summed E-state index contributed by atoms with van der Waals surface area (Å²) >= 11 is 1.13. The molecule has 10 heteroatoms. The fourth-order valence-corrected chi connectivity index (χ4v) is 3.94. The quantitative estimate of drug-likeness (QED) is 0.514. The maximum absolute atomic E-state index is 12.5. The van der Waals surface area contributed by atoms with Gasteiger partial charge >= 0.3 is 0 Å². The number of hydrogen-bond acceptors (Lipinski definition) is 9. The maximum atomic E-state index is 12.5. The van der Waals surface area contributed by atoms with E-state index in [9.17, 15) is 14.7 Å². The Balaban J connectivity index is 1.86. The molecule has 0 aliphatic heterocycles. The number of anilines is 1. The molecular weight excluding hydrogens is 380 g/mol. The lowest BCUT2D eigenvalue weighted by molar-refractivity contribution is -0.121. The van der Waals surface area contributed by atoms with Crippen LogP contribution in [0.15, 0.2) is 28.8 Å². The van der Waals surface area contributed by atoms with Crippen LogP contribution in [0.1, 0.15) is 31.9 Å². The number of benzene rings is 1. The molecule has 0 bridgehead atoms. The molecule has 0 fully saturated rings. The Morgan fingerprint density at radius 1 is 1.36 bits per heavy atom. The molecule has 1 aromatic carbocycles. The zero-order chi connectivity index (χ0) is 20.1. The third kappa shape index (κ3) is 2.82. The topological polar surface area (TPSA) is 130 Å². The minimum atomic E-state index is -0.886. The van der Waals surface area contributed by atoms with Crippen LogP contribution in [-0.4, -0.2) is 31.1 Å². The van der Waals surface area contributed by atoms with E-state index in [0.717, 1.165) is 11.5 Å². The van der Waals surface area contributed by atoms with Crippen LogP contribution in [0.3, 0.4) is 0 Å². The molecule has 1 aliphatic rings. The van der Waals surface area contributed by atoms with Crippen LogP contribution in [0.5, 0.6) is 5.75 Å². The van der Waals surface area contributed by atoms with Crippen LogP contribution in [0.2, 0.25) is 0 Å². The molecule has 0 saturated carbocycles. The summed E-state index contributed by atoms with van der Waals surface area (Å²) in [7, 11) is 0. The Morgan fingerprint density at radius 3 is 2.89 bits per heavy atom. The number of azo groups is 1. The van der Waals surface area contributed by atoms with Gasteiger partial charge in [-0.1, -0.05) is 0 Å². The zero-order valence-electron chi connectivity index (χ0n) is 15.3. The van der Waals surface area contributed by atoms with E-state index >= 15 is 0 Å². The average Bonchev–Trinajstić information content (AvgIpc) is 3.15. The molecule has 2 N–H and O–H groups in total. The Labute approximate surface area is 163 Å². The van der Waals surface area contributed by atoms with E-state index in [4.69, 9.17) is 0 Å². The molecule has 142 valence electrons. The number of fused-ring (bicyclic) bond motifs is 2. The normalized spacial score (nSPS) is 15.3. The number of carbonyl (C=O) groups is 2. The van der Waals surface area contributed by atoms with Crippen molar-refractivity contribution < 1.29 is 14.7 Å². The third-order valence-corrected chi connectivity index (χ3v) is 5.48. The van der Waals surface area contributed by atoms with Crippen molar-refractivity contribution in [1.29, 1.82) is 0 Å². The fourth-order valence-electron chi connectivity index (χ4n) is 3.30. The predicted molar refractivity (Wildman–Crippen MR) is 104 cm³/mol. The van der Waals surface area contributed by atoms with Gasteiger partial charge in [0.05, 0.1) is 22.2 Å². The number of hydrogen-bond donors (Lipinski definition) is 2. The van der Waals surface area contributed by atoms with Crippen LogP contribution >= 0.6 is 11.5 Å². The van der Waals surface area contributed by atoms with E-state index in [1.807, 2.05) is 0 Å². The van der Waals surface area contributed by atoms with Gasteiger partial charge in [0, 0.05) is 25.1 Å². The van der Waals surface area contributed by atoms with Crippen molar-refractivity contribution in [2.75, 3.05) is 5.32 Å². The molecule has 0 spiro atoms. The van der Waals surface area contributed by atoms with E-state index in [-0.39, 0.29) is 29.5 Å². The van der Waals surface area contributed by atoms with Crippen molar-refractivity contribution in [2.24, 2.45) is 10.2 Å². The molecule has 4 rings (SSSR count). The van der Waals surface area contributed by atoms with Gasteiger partial charge in [-0.25, -0.2) is 9.97 Å². The monoisotopic (exact) mass is 396 g/mol. The lowest BCUT2D eigenvalue weighted by Gasteiger charge is -2.20. The van der Waals surface area contributed by atoms with Gasteiger partial charge in [-0.05, 0) is 37.0 Å². The van der Waals surface area contributed by atoms with E-state index in [0.29, 0.717) is 32.8 Å². The van der Waals surface area contributed by atoms with Gasteiger partial charge in [-0.3, -0.25) is 9.59 Å². The van der Waals surface area contributed by atoms with Gasteiger partial charge in [0.25, 0.3) is 0 Å². The van der Waals surface area contributed by atoms with Crippen molar-refractivity contribution in [2.45, 2.75) is 32.6 Å². The van der Waals surface area contributed by atoms with Crippen LogP contribution < -0.4 is 5.32 Å². The van der Waals surface area contributed by atoms with Crippen LogP contribution in [0, 0.1) is 0 Å². The first-order valence-corrected chi connectivity index (χ1v) is 9.23. The number of carbonyl (C=O) groups excluding carboxylic acids is 2. The van der Waals surface area contributed by atoms with Crippen LogP contribution in [0.4, 0.5) is 16.4 Å². The minimum Gasteiger partial charge on any atom is -0.505 e. The summed E-state index contributed by atoms with van der Waals surface area (Å²) in [6.45, 7) is 4.83. The van der Waals surface area contributed by atoms with Gasteiger partial charge in [-0.2, -0.15) is 4.37 Å². The molecule has 0 saturated heterocycles. The molecule has 0 radical (unpaired) electrons. The van der Waals surface area contributed by atoms with Crippen molar-refractivity contribution >= 4 is 50.6 Å². The van der Waals surface area contributed by atoms with Gasteiger partial charge < -0.3 is 10.4 Å². The minimum absolute atomic E-state index is 0.0362. The molecule has 0 atom stereocenters. The van der Waals surface area contributed by atoms with Gasteiger partial charge in [0.2, 0.25) is 5.91 Å². The summed E-state index contributed by atoms with van der Waals surface area (Å²) in [5, 5.41) is 23.0. The second-order valence-electron chi connectivity index (χ2n) is 7.00. The highest BCUT2D eigenvalue weighted by atomic mass is 32.1. The van der Waals surface area contributed by atoms with E-state index in [2.05, 4.69) is 29.9 Å². The summed E-state index contributed by atoms with van der Waals surface area (Å²) in [4.78, 5) is 32.1. The predicted octanol–water partition coefficient (Wildman–Crippen LogP) is 3.57. The fraction of sp³-hybridized carbons (Fsp3) is 0.278. The van der Waals surface area contributed by atoms with E-state index < -0.39 is 5.41 Å². The van der Waals surface area contributed by atoms with Gasteiger partial charge in [0.1, 0.15) is 17.9 Å². The Morgan fingerprint density at radius 2 is 2.14 bits per heavy atom. The van der Waals surface area contributed by atoms with E-state index in [1.165, 1.54) is 19.3 Å². The molecule has 2 aromatic heterocycles. The number of aromatic nitrogens is 3.